The van der Waals surface area contributed by atoms with Gasteiger partial charge in [0.1, 0.15) is 11.6 Å². The zero-order chi connectivity index (χ0) is 11.8. The Balaban J connectivity index is 2.42. The van der Waals surface area contributed by atoms with E-state index in [9.17, 15) is 13.9 Å². The van der Waals surface area contributed by atoms with Crippen LogP contribution in [0.25, 0.3) is 0 Å². The van der Waals surface area contributed by atoms with E-state index in [2.05, 4.69) is 0 Å². The monoisotopic (exact) mass is 228 g/mol. The zero-order valence-electron chi connectivity index (χ0n) is 9.04. The van der Waals surface area contributed by atoms with Crippen LogP contribution in [0.5, 0.6) is 0 Å². The van der Waals surface area contributed by atoms with Crippen molar-refractivity contribution in [3.63, 3.8) is 0 Å². The Labute approximate surface area is 92.9 Å². The minimum Gasteiger partial charge on any atom is -0.393 e. The van der Waals surface area contributed by atoms with Crippen LogP contribution in [-0.2, 0) is 10.3 Å². The molecule has 0 aliphatic carbocycles. The highest BCUT2D eigenvalue weighted by molar-refractivity contribution is 5.26. The lowest BCUT2D eigenvalue weighted by molar-refractivity contribution is -0.115. The number of benzene rings is 1. The molecule has 1 saturated heterocycles. The molecule has 0 spiro atoms. The van der Waals surface area contributed by atoms with Crippen molar-refractivity contribution in [2.24, 2.45) is 0 Å². The van der Waals surface area contributed by atoms with Gasteiger partial charge in [0.2, 0.25) is 0 Å². The summed E-state index contributed by atoms with van der Waals surface area (Å²) in [6.45, 7) is 1.92. The van der Waals surface area contributed by atoms with Crippen LogP contribution in [0.2, 0.25) is 0 Å². The van der Waals surface area contributed by atoms with E-state index in [4.69, 9.17) is 4.74 Å². The predicted molar refractivity (Wildman–Crippen MR) is 54.9 cm³/mol. The zero-order valence-corrected chi connectivity index (χ0v) is 9.04. The van der Waals surface area contributed by atoms with E-state index in [0.29, 0.717) is 13.0 Å². The second-order valence-corrected chi connectivity index (χ2v) is 4.32. The summed E-state index contributed by atoms with van der Waals surface area (Å²) in [5.74, 6) is -1.26. The van der Waals surface area contributed by atoms with Crippen molar-refractivity contribution in [3.8, 4) is 0 Å². The molecule has 2 atom stereocenters. The summed E-state index contributed by atoms with van der Waals surface area (Å²) in [4.78, 5) is 0. The number of aliphatic hydroxyl groups excluding tert-OH is 1. The van der Waals surface area contributed by atoms with Gasteiger partial charge in [-0.1, -0.05) is 6.07 Å². The van der Waals surface area contributed by atoms with Gasteiger partial charge in [-0.15, -0.1) is 0 Å². The molecule has 1 aromatic rings. The van der Waals surface area contributed by atoms with Gasteiger partial charge in [0, 0.05) is 6.42 Å². The Kier molecular flexibility index (Phi) is 2.95. The van der Waals surface area contributed by atoms with Crippen LogP contribution in [0.1, 0.15) is 25.3 Å². The van der Waals surface area contributed by atoms with Gasteiger partial charge in [0.15, 0.2) is 0 Å². The van der Waals surface area contributed by atoms with Gasteiger partial charge in [-0.05, 0) is 25.5 Å². The van der Waals surface area contributed by atoms with Crippen molar-refractivity contribution >= 4 is 0 Å². The standard InChI is InChI=1S/C12H14F2O2/c1-12(7-8(15)5-6-16-12)11-9(13)3-2-4-10(11)14/h2-4,8,15H,5-7H2,1H3. The Bertz CT molecular complexity index is 374. The molecule has 1 aliphatic rings. The molecule has 1 aromatic carbocycles. The maximum Gasteiger partial charge on any atom is 0.132 e. The lowest BCUT2D eigenvalue weighted by Gasteiger charge is -2.37. The molecule has 0 saturated carbocycles. The van der Waals surface area contributed by atoms with Crippen molar-refractivity contribution in [1.29, 1.82) is 0 Å². The summed E-state index contributed by atoms with van der Waals surface area (Å²) in [5.41, 5.74) is -1.17. The molecule has 0 radical (unpaired) electrons. The molecule has 1 heterocycles. The van der Waals surface area contributed by atoms with Gasteiger partial charge in [0.25, 0.3) is 0 Å². The van der Waals surface area contributed by atoms with Gasteiger partial charge in [0.05, 0.1) is 23.9 Å². The first kappa shape index (κ1) is 11.5. The second kappa shape index (κ2) is 4.11. The smallest absolute Gasteiger partial charge is 0.132 e. The number of aliphatic hydroxyl groups is 1. The summed E-state index contributed by atoms with van der Waals surface area (Å²) < 4.78 is 32.7. The SMILES string of the molecule is CC1(c2c(F)cccc2F)CC(O)CCO1. The lowest BCUT2D eigenvalue weighted by Crippen LogP contribution is -2.38. The molecule has 0 amide bonds. The van der Waals surface area contributed by atoms with Crippen LogP contribution in [0.15, 0.2) is 18.2 Å². The summed E-state index contributed by atoms with van der Waals surface area (Å²) in [7, 11) is 0. The first-order chi connectivity index (χ1) is 7.53. The van der Waals surface area contributed by atoms with Crippen LogP contribution < -0.4 is 0 Å². The van der Waals surface area contributed by atoms with Gasteiger partial charge in [-0.25, -0.2) is 8.78 Å². The predicted octanol–water partition coefficient (Wildman–Crippen LogP) is 2.35. The molecule has 1 fully saturated rings. The van der Waals surface area contributed by atoms with Gasteiger partial charge in [-0.3, -0.25) is 0 Å². The fourth-order valence-electron chi connectivity index (χ4n) is 2.21. The summed E-state index contributed by atoms with van der Waals surface area (Å²) >= 11 is 0. The molecule has 1 N–H and O–H groups in total. The van der Waals surface area contributed by atoms with Crippen LogP contribution in [-0.4, -0.2) is 17.8 Å². The van der Waals surface area contributed by atoms with Crippen LogP contribution >= 0.6 is 0 Å². The molecule has 2 unspecified atom stereocenters. The first-order valence-electron chi connectivity index (χ1n) is 5.29. The van der Waals surface area contributed by atoms with E-state index in [-0.39, 0.29) is 12.0 Å². The van der Waals surface area contributed by atoms with Crippen molar-refractivity contribution < 1.29 is 18.6 Å². The number of rotatable bonds is 1. The Hall–Kier alpha value is -1.00. The highest BCUT2D eigenvalue weighted by Gasteiger charge is 2.38. The Morgan fingerprint density at radius 2 is 2.00 bits per heavy atom. The molecular formula is C12H14F2O2. The third-order valence-corrected chi connectivity index (χ3v) is 2.99. The molecule has 2 nitrogen and oxygen atoms in total. The molecule has 1 aliphatic heterocycles. The minimum absolute atomic E-state index is 0.0891. The Morgan fingerprint density at radius 3 is 2.56 bits per heavy atom. The fraction of sp³-hybridized carbons (Fsp3) is 0.500. The van der Waals surface area contributed by atoms with E-state index >= 15 is 0 Å². The maximum absolute atomic E-state index is 13.6. The van der Waals surface area contributed by atoms with Crippen molar-refractivity contribution in [2.75, 3.05) is 6.61 Å². The number of ether oxygens (including phenoxy) is 1. The third-order valence-electron chi connectivity index (χ3n) is 2.99. The fourth-order valence-corrected chi connectivity index (χ4v) is 2.21. The third kappa shape index (κ3) is 1.95. The number of hydrogen-bond acceptors (Lipinski definition) is 2. The molecule has 88 valence electrons. The van der Waals surface area contributed by atoms with Crippen molar-refractivity contribution in [2.45, 2.75) is 31.5 Å². The maximum atomic E-state index is 13.6. The average Bonchev–Trinajstić information content (AvgIpc) is 2.16. The molecule has 2 rings (SSSR count). The average molecular weight is 228 g/mol. The summed E-state index contributed by atoms with van der Waals surface area (Å²) in [6, 6.07) is 3.72. The second-order valence-electron chi connectivity index (χ2n) is 4.32. The molecule has 16 heavy (non-hydrogen) atoms. The van der Waals surface area contributed by atoms with Crippen LogP contribution in [0.4, 0.5) is 8.78 Å². The lowest BCUT2D eigenvalue weighted by atomic mass is 9.86. The van der Waals surface area contributed by atoms with E-state index in [1.165, 1.54) is 18.2 Å². The Morgan fingerprint density at radius 1 is 1.38 bits per heavy atom. The van der Waals surface area contributed by atoms with E-state index in [1.807, 2.05) is 0 Å². The quantitative estimate of drug-likeness (QED) is 0.799. The topological polar surface area (TPSA) is 29.5 Å². The molecular weight excluding hydrogens is 214 g/mol. The highest BCUT2D eigenvalue weighted by Crippen LogP contribution is 2.37. The summed E-state index contributed by atoms with van der Waals surface area (Å²) in [6.07, 6.45) is 0.147. The van der Waals surface area contributed by atoms with Crippen molar-refractivity contribution in [1.82, 2.24) is 0 Å². The molecule has 0 bridgehead atoms. The van der Waals surface area contributed by atoms with Crippen LogP contribution in [0.3, 0.4) is 0 Å². The van der Waals surface area contributed by atoms with Gasteiger partial charge >= 0.3 is 0 Å². The number of hydrogen-bond donors (Lipinski definition) is 1. The normalized spacial score (nSPS) is 30.4. The van der Waals surface area contributed by atoms with E-state index in [0.717, 1.165) is 0 Å². The van der Waals surface area contributed by atoms with E-state index < -0.39 is 23.3 Å². The summed E-state index contributed by atoms with van der Waals surface area (Å²) in [5, 5.41) is 9.56. The molecule has 0 aromatic heterocycles. The van der Waals surface area contributed by atoms with Gasteiger partial charge in [-0.2, -0.15) is 0 Å². The highest BCUT2D eigenvalue weighted by atomic mass is 19.1. The minimum atomic E-state index is -1.08. The largest absolute Gasteiger partial charge is 0.393 e. The van der Waals surface area contributed by atoms with E-state index in [1.54, 1.807) is 6.92 Å². The number of halogens is 2. The van der Waals surface area contributed by atoms with Gasteiger partial charge < -0.3 is 9.84 Å². The first-order valence-corrected chi connectivity index (χ1v) is 5.29. The van der Waals surface area contributed by atoms with Crippen molar-refractivity contribution in [3.05, 3.63) is 35.4 Å². The van der Waals surface area contributed by atoms with Crippen LogP contribution in [0, 0.1) is 11.6 Å². The molecule has 4 heteroatoms.